The molecule has 0 bridgehead atoms. The van der Waals surface area contributed by atoms with Gasteiger partial charge in [-0.3, -0.25) is 5.84 Å². The van der Waals surface area contributed by atoms with E-state index < -0.39 is 11.9 Å². The van der Waals surface area contributed by atoms with Crippen LogP contribution in [0, 0.1) is 11.6 Å². The standard InChI is InChI=1S/C14H13BrF2N2O/c1-20-13-5-3-8(16)6-11(13)14(19-18)10-4-2-9(17)7-12(10)15/h2-7,14,19H,18H2,1H3. The molecule has 3 N–H and O–H groups in total. The van der Waals surface area contributed by atoms with Gasteiger partial charge in [0.05, 0.1) is 13.2 Å². The van der Waals surface area contributed by atoms with Crippen LogP contribution in [0.3, 0.4) is 0 Å². The Labute approximate surface area is 123 Å². The molecule has 2 rings (SSSR count). The lowest BCUT2D eigenvalue weighted by Crippen LogP contribution is -2.29. The molecule has 1 unspecified atom stereocenters. The summed E-state index contributed by atoms with van der Waals surface area (Å²) < 4.78 is 32.4. The van der Waals surface area contributed by atoms with Crippen molar-refractivity contribution in [1.29, 1.82) is 0 Å². The van der Waals surface area contributed by atoms with Crippen LogP contribution < -0.4 is 16.0 Å². The second kappa shape index (κ2) is 6.30. The number of ether oxygens (including phenoxy) is 1. The fraction of sp³-hybridized carbons (Fsp3) is 0.143. The number of hydrogen-bond acceptors (Lipinski definition) is 3. The summed E-state index contributed by atoms with van der Waals surface area (Å²) in [6, 6.07) is 7.84. The van der Waals surface area contributed by atoms with Crippen LogP contribution in [-0.4, -0.2) is 7.11 Å². The van der Waals surface area contributed by atoms with Crippen molar-refractivity contribution < 1.29 is 13.5 Å². The highest BCUT2D eigenvalue weighted by Gasteiger charge is 2.20. The maximum atomic E-state index is 13.5. The Morgan fingerprint density at radius 3 is 2.35 bits per heavy atom. The normalized spacial score (nSPS) is 12.2. The lowest BCUT2D eigenvalue weighted by molar-refractivity contribution is 0.402. The molecule has 0 amide bonds. The number of nitrogens with two attached hydrogens (primary N) is 1. The molecular weight excluding hydrogens is 330 g/mol. The zero-order chi connectivity index (χ0) is 14.7. The van der Waals surface area contributed by atoms with E-state index in [9.17, 15) is 8.78 Å². The van der Waals surface area contributed by atoms with Crippen LogP contribution in [0.2, 0.25) is 0 Å². The van der Waals surface area contributed by atoms with Gasteiger partial charge in [0.1, 0.15) is 17.4 Å². The minimum atomic E-state index is -0.532. The Bertz CT molecular complexity index is 622. The molecule has 0 aromatic heterocycles. The molecule has 0 aliphatic heterocycles. The molecule has 0 saturated heterocycles. The van der Waals surface area contributed by atoms with Crippen LogP contribution in [0.5, 0.6) is 5.75 Å². The summed E-state index contributed by atoms with van der Waals surface area (Å²) in [7, 11) is 1.49. The molecule has 0 aliphatic rings. The molecular formula is C14H13BrF2N2O. The van der Waals surface area contributed by atoms with Crippen molar-refractivity contribution in [3.8, 4) is 5.75 Å². The van der Waals surface area contributed by atoms with Crippen molar-refractivity contribution in [2.75, 3.05) is 7.11 Å². The summed E-state index contributed by atoms with van der Waals surface area (Å²) in [6.07, 6.45) is 0. The second-order valence-corrected chi connectivity index (χ2v) is 5.01. The van der Waals surface area contributed by atoms with E-state index >= 15 is 0 Å². The van der Waals surface area contributed by atoms with E-state index in [1.54, 1.807) is 6.07 Å². The van der Waals surface area contributed by atoms with Gasteiger partial charge in [-0.25, -0.2) is 14.2 Å². The number of hydrazine groups is 1. The zero-order valence-corrected chi connectivity index (χ0v) is 12.2. The third-order valence-electron chi connectivity index (χ3n) is 2.94. The predicted octanol–water partition coefficient (Wildman–Crippen LogP) is 3.29. The van der Waals surface area contributed by atoms with Gasteiger partial charge in [0.15, 0.2) is 0 Å². The zero-order valence-electron chi connectivity index (χ0n) is 10.7. The van der Waals surface area contributed by atoms with Gasteiger partial charge in [-0.2, -0.15) is 0 Å². The number of rotatable bonds is 4. The van der Waals surface area contributed by atoms with Crippen molar-refractivity contribution in [2.45, 2.75) is 6.04 Å². The molecule has 1 atom stereocenters. The molecule has 2 aromatic rings. The number of hydrogen-bond donors (Lipinski definition) is 2. The van der Waals surface area contributed by atoms with Gasteiger partial charge in [0.25, 0.3) is 0 Å². The van der Waals surface area contributed by atoms with Crippen molar-refractivity contribution in [3.05, 3.63) is 63.6 Å². The molecule has 3 nitrogen and oxygen atoms in total. The summed E-state index contributed by atoms with van der Waals surface area (Å²) in [4.78, 5) is 0. The number of benzene rings is 2. The summed E-state index contributed by atoms with van der Waals surface area (Å²) >= 11 is 3.28. The predicted molar refractivity (Wildman–Crippen MR) is 76.2 cm³/mol. The lowest BCUT2D eigenvalue weighted by Gasteiger charge is -2.20. The average molecular weight is 343 g/mol. The second-order valence-electron chi connectivity index (χ2n) is 4.15. The summed E-state index contributed by atoms with van der Waals surface area (Å²) in [5.74, 6) is 5.29. The smallest absolute Gasteiger partial charge is 0.124 e. The van der Waals surface area contributed by atoms with Crippen molar-refractivity contribution >= 4 is 15.9 Å². The van der Waals surface area contributed by atoms with Crippen molar-refractivity contribution in [2.24, 2.45) is 5.84 Å². The molecule has 0 fully saturated rings. The van der Waals surface area contributed by atoms with E-state index in [0.717, 1.165) is 0 Å². The first-order valence-electron chi connectivity index (χ1n) is 5.81. The first-order valence-corrected chi connectivity index (χ1v) is 6.60. The van der Waals surface area contributed by atoms with Crippen LogP contribution in [0.4, 0.5) is 8.78 Å². The molecule has 0 aliphatic carbocycles. The maximum absolute atomic E-state index is 13.5. The fourth-order valence-electron chi connectivity index (χ4n) is 2.01. The minimum Gasteiger partial charge on any atom is -0.496 e. The minimum absolute atomic E-state index is 0.373. The SMILES string of the molecule is COc1ccc(F)cc1C(NN)c1ccc(F)cc1Br. The Morgan fingerprint density at radius 2 is 1.75 bits per heavy atom. The molecule has 106 valence electrons. The third-order valence-corrected chi connectivity index (χ3v) is 3.63. The van der Waals surface area contributed by atoms with E-state index in [1.165, 1.54) is 37.4 Å². The topological polar surface area (TPSA) is 47.3 Å². The summed E-state index contributed by atoms with van der Waals surface area (Å²) in [6.45, 7) is 0. The monoisotopic (exact) mass is 342 g/mol. The highest BCUT2D eigenvalue weighted by Crippen LogP contribution is 2.34. The third kappa shape index (κ3) is 2.98. The fourth-order valence-corrected chi connectivity index (χ4v) is 2.59. The maximum Gasteiger partial charge on any atom is 0.124 e. The van der Waals surface area contributed by atoms with Gasteiger partial charge in [-0.1, -0.05) is 22.0 Å². The summed E-state index contributed by atoms with van der Waals surface area (Å²) in [5.41, 5.74) is 3.81. The van der Waals surface area contributed by atoms with E-state index in [1.807, 2.05) is 0 Å². The van der Waals surface area contributed by atoms with Gasteiger partial charge < -0.3 is 4.74 Å². The first-order chi connectivity index (χ1) is 9.56. The summed E-state index contributed by atoms with van der Waals surface area (Å²) in [5, 5.41) is 0. The highest BCUT2D eigenvalue weighted by molar-refractivity contribution is 9.10. The van der Waals surface area contributed by atoms with Gasteiger partial charge in [-0.05, 0) is 35.9 Å². The van der Waals surface area contributed by atoms with Crippen LogP contribution >= 0.6 is 15.9 Å². The van der Waals surface area contributed by atoms with Crippen molar-refractivity contribution in [3.63, 3.8) is 0 Å². The Hall–Kier alpha value is -1.50. The van der Waals surface area contributed by atoms with E-state index in [4.69, 9.17) is 10.6 Å². The van der Waals surface area contributed by atoms with Crippen LogP contribution in [0.25, 0.3) is 0 Å². The highest BCUT2D eigenvalue weighted by atomic mass is 79.9. The van der Waals surface area contributed by atoms with Crippen molar-refractivity contribution in [1.82, 2.24) is 5.43 Å². The lowest BCUT2D eigenvalue weighted by atomic mass is 9.98. The molecule has 6 heteroatoms. The Morgan fingerprint density at radius 1 is 1.10 bits per heavy atom. The van der Waals surface area contributed by atoms with Gasteiger partial charge in [0, 0.05) is 10.0 Å². The molecule has 0 saturated carbocycles. The molecule has 0 radical (unpaired) electrons. The Balaban J connectivity index is 2.54. The first kappa shape index (κ1) is 14.9. The largest absolute Gasteiger partial charge is 0.496 e. The Kier molecular flexibility index (Phi) is 4.69. The molecule has 0 spiro atoms. The van der Waals surface area contributed by atoms with E-state index in [2.05, 4.69) is 21.4 Å². The number of halogens is 3. The van der Waals surface area contributed by atoms with Crippen LogP contribution in [0.1, 0.15) is 17.2 Å². The van der Waals surface area contributed by atoms with Crippen LogP contribution in [0.15, 0.2) is 40.9 Å². The molecule has 20 heavy (non-hydrogen) atoms. The van der Waals surface area contributed by atoms with Crippen LogP contribution in [-0.2, 0) is 0 Å². The average Bonchev–Trinajstić information content (AvgIpc) is 2.42. The van der Waals surface area contributed by atoms with E-state index in [-0.39, 0.29) is 5.82 Å². The van der Waals surface area contributed by atoms with Gasteiger partial charge in [-0.15, -0.1) is 0 Å². The molecule has 0 heterocycles. The van der Waals surface area contributed by atoms with E-state index in [0.29, 0.717) is 21.3 Å². The van der Waals surface area contributed by atoms with Gasteiger partial charge >= 0.3 is 0 Å². The molecule has 2 aromatic carbocycles. The van der Waals surface area contributed by atoms with Gasteiger partial charge in [0.2, 0.25) is 0 Å². The number of nitrogens with one attached hydrogen (secondary N) is 1. The quantitative estimate of drug-likeness (QED) is 0.662. The number of methoxy groups -OCH3 is 1.